The fourth-order valence-electron chi connectivity index (χ4n) is 5.59. The molecule has 5 rings (SSSR count). The van der Waals surface area contributed by atoms with Crippen LogP contribution in [0, 0.1) is 11.8 Å². The highest BCUT2D eigenvalue weighted by molar-refractivity contribution is 5.91. The van der Waals surface area contributed by atoms with E-state index in [-0.39, 0.29) is 35.4 Å². The fourth-order valence-corrected chi connectivity index (χ4v) is 5.59. The maximum Gasteiger partial charge on any atom is 0.338 e. The van der Waals surface area contributed by atoms with Crippen LogP contribution in [0.25, 0.3) is 11.1 Å². The molecular formula is C31H32O10. The molecule has 0 radical (unpaired) electrons. The number of phenolic OH excluding ortho intramolecular Hbond substituents is 1. The Kier molecular flexibility index (Phi) is 7.57. The molecular weight excluding hydrogens is 532 g/mol. The summed E-state index contributed by atoms with van der Waals surface area (Å²) in [6.45, 7) is 5.08. The van der Waals surface area contributed by atoms with Gasteiger partial charge in [0.1, 0.15) is 12.2 Å². The minimum Gasteiger partial charge on any atom is -0.504 e. The summed E-state index contributed by atoms with van der Waals surface area (Å²) in [5.74, 6) is -0.858. The van der Waals surface area contributed by atoms with Crippen molar-refractivity contribution >= 4 is 11.9 Å². The molecule has 3 aromatic rings. The lowest BCUT2D eigenvalue weighted by Gasteiger charge is -2.38. The molecule has 0 fully saturated rings. The molecule has 0 aromatic heterocycles. The Morgan fingerprint density at radius 3 is 2.07 bits per heavy atom. The van der Waals surface area contributed by atoms with Gasteiger partial charge in [0.05, 0.1) is 26.9 Å². The lowest BCUT2D eigenvalue weighted by molar-refractivity contribution is -0.151. The first-order valence-electron chi connectivity index (χ1n) is 13.1. The second-order valence-corrected chi connectivity index (χ2v) is 9.97. The molecule has 0 saturated heterocycles. The number of fused-ring (bicyclic) bond motifs is 4. The first-order valence-corrected chi connectivity index (χ1v) is 13.1. The van der Waals surface area contributed by atoms with Crippen LogP contribution in [0.15, 0.2) is 42.5 Å². The van der Waals surface area contributed by atoms with Gasteiger partial charge < -0.3 is 38.3 Å². The van der Waals surface area contributed by atoms with Crippen LogP contribution >= 0.6 is 0 Å². The lowest BCUT2D eigenvalue weighted by Crippen LogP contribution is -2.31. The lowest BCUT2D eigenvalue weighted by atomic mass is 9.74. The van der Waals surface area contributed by atoms with E-state index in [9.17, 15) is 14.7 Å². The zero-order chi connectivity index (χ0) is 29.4. The van der Waals surface area contributed by atoms with E-state index in [1.807, 2.05) is 19.9 Å². The molecule has 1 heterocycles. The molecule has 0 spiro atoms. The van der Waals surface area contributed by atoms with Gasteiger partial charge in [0.25, 0.3) is 0 Å². The summed E-state index contributed by atoms with van der Waals surface area (Å²) in [6, 6.07) is 12.1. The monoisotopic (exact) mass is 564 g/mol. The van der Waals surface area contributed by atoms with E-state index >= 15 is 0 Å². The van der Waals surface area contributed by atoms with Crippen molar-refractivity contribution in [2.75, 3.05) is 28.1 Å². The summed E-state index contributed by atoms with van der Waals surface area (Å²) in [4.78, 5) is 25.9. The molecule has 2 aliphatic rings. The van der Waals surface area contributed by atoms with Crippen LogP contribution in [-0.2, 0) is 14.3 Å². The van der Waals surface area contributed by atoms with Crippen molar-refractivity contribution < 1.29 is 47.9 Å². The van der Waals surface area contributed by atoms with Gasteiger partial charge in [-0.2, -0.15) is 0 Å². The molecule has 0 amide bonds. The van der Waals surface area contributed by atoms with Crippen molar-refractivity contribution in [1.29, 1.82) is 0 Å². The molecule has 0 bridgehead atoms. The van der Waals surface area contributed by atoms with Gasteiger partial charge in [-0.1, -0.05) is 32.0 Å². The topological polar surface area (TPSA) is 119 Å². The summed E-state index contributed by atoms with van der Waals surface area (Å²) in [7, 11) is 4.32. The highest BCUT2D eigenvalue weighted by Crippen LogP contribution is 2.60. The summed E-state index contributed by atoms with van der Waals surface area (Å²) in [5.41, 5.74) is 1.99. The number of ether oxygens (including phenoxy) is 7. The van der Waals surface area contributed by atoms with Crippen LogP contribution in [0.3, 0.4) is 0 Å². The van der Waals surface area contributed by atoms with Crippen LogP contribution < -0.4 is 23.7 Å². The molecule has 0 saturated carbocycles. The first-order chi connectivity index (χ1) is 19.7. The number of benzene rings is 3. The second kappa shape index (κ2) is 11.1. The molecule has 41 heavy (non-hydrogen) atoms. The molecule has 3 aromatic carbocycles. The van der Waals surface area contributed by atoms with Gasteiger partial charge in [0.15, 0.2) is 23.0 Å². The van der Waals surface area contributed by atoms with Crippen molar-refractivity contribution in [2.24, 2.45) is 11.8 Å². The summed E-state index contributed by atoms with van der Waals surface area (Å²) < 4.78 is 40.6. The predicted octanol–water partition coefficient (Wildman–Crippen LogP) is 5.60. The molecule has 4 unspecified atom stereocenters. The van der Waals surface area contributed by atoms with Crippen LogP contribution in [0.1, 0.15) is 54.5 Å². The van der Waals surface area contributed by atoms with E-state index in [1.165, 1.54) is 28.3 Å². The van der Waals surface area contributed by atoms with Crippen molar-refractivity contribution in [1.82, 2.24) is 0 Å². The van der Waals surface area contributed by atoms with Gasteiger partial charge >= 0.3 is 11.9 Å². The Morgan fingerprint density at radius 1 is 0.829 bits per heavy atom. The minimum atomic E-state index is -0.880. The largest absolute Gasteiger partial charge is 0.504 e. The van der Waals surface area contributed by atoms with Crippen molar-refractivity contribution in [3.05, 3.63) is 59.2 Å². The Morgan fingerprint density at radius 2 is 1.46 bits per heavy atom. The van der Waals surface area contributed by atoms with E-state index < -0.39 is 36.0 Å². The first kappa shape index (κ1) is 27.9. The van der Waals surface area contributed by atoms with Crippen LogP contribution in [0.2, 0.25) is 0 Å². The number of phenols is 1. The van der Waals surface area contributed by atoms with Crippen LogP contribution in [0.5, 0.6) is 34.5 Å². The number of carbonyl (C=O) groups is 2. The van der Waals surface area contributed by atoms with Gasteiger partial charge in [-0.3, -0.25) is 4.79 Å². The van der Waals surface area contributed by atoms with Gasteiger partial charge in [-0.15, -0.1) is 0 Å². The summed E-state index contributed by atoms with van der Waals surface area (Å²) in [5, 5.41) is 11.7. The van der Waals surface area contributed by atoms with E-state index in [0.29, 0.717) is 33.8 Å². The van der Waals surface area contributed by atoms with Gasteiger partial charge in [-0.05, 0) is 24.3 Å². The number of carbonyl (C=O) groups excluding carboxylic acids is 2. The maximum absolute atomic E-state index is 13.4. The van der Waals surface area contributed by atoms with Crippen molar-refractivity contribution in [3.63, 3.8) is 0 Å². The quantitative estimate of drug-likeness (QED) is 0.379. The van der Waals surface area contributed by atoms with Gasteiger partial charge in [0.2, 0.25) is 18.3 Å². The van der Waals surface area contributed by atoms with Gasteiger partial charge in [-0.25, -0.2) is 4.79 Å². The zero-order valence-corrected chi connectivity index (χ0v) is 23.7. The number of rotatable bonds is 6. The second-order valence-electron chi connectivity index (χ2n) is 9.97. The molecule has 1 N–H and O–H groups in total. The molecule has 10 heteroatoms. The molecule has 1 aliphatic heterocycles. The molecule has 216 valence electrons. The highest BCUT2D eigenvalue weighted by atomic mass is 16.7. The number of methoxy groups -OCH3 is 3. The third-order valence-electron chi connectivity index (χ3n) is 7.71. The van der Waals surface area contributed by atoms with Crippen LogP contribution in [-0.4, -0.2) is 45.2 Å². The average molecular weight is 565 g/mol. The van der Waals surface area contributed by atoms with E-state index in [4.69, 9.17) is 33.2 Å². The Balaban J connectivity index is 1.87. The number of hydrogen-bond acceptors (Lipinski definition) is 10. The average Bonchev–Trinajstić information content (AvgIpc) is 3.45. The van der Waals surface area contributed by atoms with Crippen LogP contribution in [0.4, 0.5) is 0 Å². The van der Waals surface area contributed by atoms with E-state index in [1.54, 1.807) is 36.4 Å². The minimum absolute atomic E-state index is 0.0458. The van der Waals surface area contributed by atoms with Gasteiger partial charge in [0, 0.05) is 41.0 Å². The summed E-state index contributed by atoms with van der Waals surface area (Å²) in [6.07, 6.45) is -1.75. The Bertz CT molecular complexity index is 1480. The SMILES string of the molecule is COc1cc2c(c(O)c1OC)-c1c(cc3c(c1OC)OCO3)C(OC(=O)c1ccccc1)C(C)C(C)C2OC(C)=O. The Labute approximate surface area is 237 Å². The third kappa shape index (κ3) is 4.73. The number of hydrogen-bond donors (Lipinski definition) is 1. The smallest absolute Gasteiger partial charge is 0.338 e. The third-order valence-corrected chi connectivity index (χ3v) is 7.71. The molecule has 4 atom stereocenters. The van der Waals surface area contributed by atoms with Crippen molar-refractivity contribution in [3.8, 4) is 45.6 Å². The molecule has 10 nitrogen and oxygen atoms in total. The number of aromatic hydroxyl groups is 1. The number of esters is 2. The predicted molar refractivity (Wildman–Crippen MR) is 147 cm³/mol. The highest BCUT2D eigenvalue weighted by Gasteiger charge is 2.44. The van der Waals surface area contributed by atoms with E-state index in [2.05, 4.69) is 0 Å². The fraction of sp³-hybridized carbons (Fsp3) is 0.355. The standard InChI is InChI=1S/C31H32O10/c1-15-16(2)27(41-31(34)18-10-8-7-9-11-18)20-13-22-29(39-14-38-22)30(37-6)24(20)23-19(26(15)40-17(3)32)12-21(35-4)28(36-5)25(23)33/h7-13,15-16,26-27,33H,14H2,1-6H3. The summed E-state index contributed by atoms with van der Waals surface area (Å²) >= 11 is 0. The zero-order valence-electron chi connectivity index (χ0n) is 23.7. The normalized spacial score (nSPS) is 20.5. The maximum atomic E-state index is 13.4. The Hall–Kier alpha value is -4.60. The molecule has 1 aliphatic carbocycles. The van der Waals surface area contributed by atoms with E-state index in [0.717, 1.165) is 0 Å². The van der Waals surface area contributed by atoms with Crippen molar-refractivity contribution in [2.45, 2.75) is 33.0 Å².